The predicted octanol–water partition coefficient (Wildman–Crippen LogP) is 6.06. The third-order valence-corrected chi connectivity index (χ3v) is 8.96. The van der Waals surface area contributed by atoms with Gasteiger partial charge < -0.3 is 10.2 Å². The van der Waals surface area contributed by atoms with Crippen molar-refractivity contribution >= 4 is 50.7 Å². The molecule has 40 heavy (non-hydrogen) atoms. The minimum atomic E-state index is -4.14. The smallest absolute Gasteiger partial charge is 0.264 e. The van der Waals surface area contributed by atoms with Gasteiger partial charge in [0.25, 0.3) is 10.0 Å². The van der Waals surface area contributed by atoms with Crippen LogP contribution in [-0.4, -0.2) is 43.8 Å². The number of nitrogens with one attached hydrogen (secondary N) is 1. The Hall–Kier alpha value is -3.07. The maximum absolute atomic E-state index is 14.0. The number of amides is 2. The van der Waals surface area contributed by atoms with Gasteiger partial charge in [-0.3, -0.25) is 13.9 Å². The van der Waals surface area contributed by atoms with Crippen LogP contribution in [0.4, 0.5) is 5.69 Å². The van der Waals surface area contributed by atoms with E-state index in [1.54, 1.807) is 56.3 Å². The van der Waals surface area contributed by atoms with Crippen LogP contribution in [0, 0.1) is 20.8 Å². The average molecular weight is 605 g/mol. The Labute approximate surface area is 247 Å². The molecule has 0 aliphatic heterocycles. The molecule has 0 aliphatic carbocycles. The molecule has 0 aromatic heterocycles. The lowest BCUT2D eigenvalue weighted by atomic mass is 10.1. The summed E-state index contributed by atoms with van der Waals surface area (Å²) in [5, 5.41) is 3.50. The molecule has 7 nitrogen and oxygen atoms in total. The Morgan fingerprint density at radius 1 is 0.850 bits per heavy atom. The molecule has 3 aromatic carbocycles. The highest BCUT2D eigenvalue weighted by atomic mass is 35.5. The molecule has 10 heteroatoms. The Bertz CT molecular complexity index is 1490. The molecule has 3 rings (SSSR count). The second-order valence-electron chi connectivity index (χ2n) is 10.2. The number of anilines is 1. The van der Waals surface area contributed by atoms with E-state index in [4.69, 9.17) is 23.2 Å². The first kappa shape index (κ1) is 31.5. The fraction of sp³-hybridized carbons (Fsp3) is 0.333. The van der Waals surface area contributed by atoms with Crippen LogP contribution in [0.1, 0.15) is 43.0 Å². The number of hydrogen-bond acceptors (Lipinski definition) is 4. The predicted molar refractivity (Wildman–Crippen MR) is 161 cm³/mol. The third kappa shape index (κ3) is 7.56. The molecule has 0 saturated carbocycles. The van der Waals surface area contributed by atoms with Crippen molar-refractivity contribution in [3.63, 3.8) is 0 Å². The highest BCUT2D eigenvalue weighted by Crippen LogP contribution is 2.29. The molecule has 1 N–H and O–H groups in total. The van der Waals surface area contributed by atoms with Crippen molar-refractivity contribution in [2.75, 3.05) is 10.8 Å². The van der Waals surface area contributed by atoms with Crippen molar-refractivity contribution in [2.45, 2.75) is 65.1 Å². The SMILES string of the molecule is Cc1ccc(S(=O)(=O)N(CC(=O)N(Cc2ccc(Cl)c(Cl)c2)C(C)C(=O)NC(C)C)c2ccc(C)cc2C)cc1. The lowest BCUT2D eigenvalue weighted by Gasteiger charge is -2.33. The molecule has 1 atom stereocenters. The Morgan fingerprint density at radius 3 is 2.05 bits per heavy atom. The van der Waals surface area contributed by atoms with Gasteiger partial charge in [-0.2, -0.15) is 0 Å². The maximum atomic E-state index is 14.0. The van der Waals surface area contributed by atoms with Crippen LogP contribution in [0.25, 0.3) is 0 Å². The molecule has 0 bridgehead atoms. The van der Waals surface area contributed by atoms with Crippen LogP contribution in [0.3, 0.4) is 0 Å². The van der Waals surface area contributed by atoms with E-state index in [1.165, 1.54) is 17.0 Å². The minimum Gasteiger partial charge on any atom is -0.352 e. The summed E-state index contributed by atoms with van der Waals surface area (Å²) in [6.07, 6.45) is 0. The molecule has 0 saturated heterocycles. The topological polar surface area (TPSA) is 86.8 Å². The van der Waals surface area contributed by atoms with Gasteiger partial charge in [-0.05, 0) is 83.0 Å². The second kappa shape index (κ2) is 13.1. The lowest BCUT2D eigenvalue weighted by molar-refractivity contribution is -0.139. The van der Waals surface area contributed by atoms with E-state index >= 15 is 0 Å². The molecule has 0 fully saturated rings. The zero-order chi connectivity index (χ0) is 29.8. The van der Waals surface area contributed by atoms with Crippen LogP contribution >= 0.6 is 23.2 Å². The minimum absolute atomic E-state index is 0.0215. The largest absolute Gasteiger partial charge is 0.352 e. The Kier molecular flexibility index (Phi) is 10.3. The molecule has 0 heterocycles. The number of nitrogens with zero attached hydrogens (tertiary/aromatic N) is 2. The van der Waals surface area contributed by atoms with Crippen LogP contribution in [0.5, 0.6) is 0 Å². The fourth-order valence-corrected chi connectivity index (χ4v) is 6.06. The average Bonchev–Trinajstić information content (AvgIpc) is 2.87. The first-order valence-corrected chi connectivity index (χ1v) is 15.1. The van der Waals surface area contributed by atoms with Gasteiger partial charge in [-0.1, -0.05) is 64.7 Å². The summed E-state index contributed by atoms with van der Waals surface area (Å²) in [6.45, 7) is 10.4. The highest BCUT2D eigenvalue weighted by Gasteiger charge is 2.33. The maximum Gasteiger partial charge on any atom is 0.264 e. The van der Waals surface area contributed by atoms with Crippen molar-refractivity contribution in [3.8, 4) is 0 Å². The van der Waals surface area contributed by atoms with E-state index in [1.807, 2.05) is 33.8 Å². The fourth-order valence-electron chi connectivity index (χ4n) is 4.26. The summed E-state index contributed by atoms with van der Waals surface area (Å²) < 4.78 is 29.1. The van der Waals surface area contributed by atoms with Crippen molar-refractivity contribution in [3.05, 3.63) is 93.0 Å². The molecule has 3 aromatic rings. The summed E-state index contributed by atoms with van der Waals surface area (Å²) in [6, 6.07) is 15.8. The monoisotopic (exact) mass is 603 g/mol. The van der Waals surface area contributed by atoms with Crippen molar-refractivity contribution in [1.29, 1.82) is 0 Å². The molecular weight excluding hydrogens is 569 g/mol. The van der Waals surface area contributed by atoms with Gasteiger partial charge in [0.1, 0.15) is 12.6 Å². The number of carbonyl (C=O) groups is 2. The quantitative estimate of drug-likeness (QED) is 0.305. The first-order chi connectivity index (χ1) is 18.7. The third-order valence-electron chi connectivity index (χ3n) is 6.44. The summed E-state index contributed by atoms with van der Waals surface area (Å²) in [5.74, 6) is -0.906. The zero-order valence-electron chi connectivity index (χ0n) is 23.5. The zero-order valence-corrected chi connectivity index (χ0v) is 25.9. The molecule has 2 amide bonds. The van der Waals surface area contributed by atoms with Crippen LogP contribution in [0.15, 0.2) is 65.6 Å². The van der Waals surface area contributed by atoms with Gasteiger partial charge in [-0.15, -0.1) is 0 Å². The van der Waals surface area contributed by atoms with E-state index in [0.717, 1.165) is 15.4 Å². The second-order valence-corrected chi connectivity index (χ2v) is 12.9. The molecular formula is C30H35Cl2N3O4S. The number of sulfonamides is 1. The number of carbonyl (C=O) groups excluding carboxylic acids is 2. The standard InChI is InChI=1S/C30H35Cl2N3O4S/c1-19(2)33-30(37)23(6)34(17-24-10-13-26(31)27(32)16-24)29(36)18-35(28-14-9-21(4)15-22(28)5)40(38,39)25-11-7-20(3)8-12-25/h7-16,19,23H,17-18H2,1-6H3,(H,33,37). The molecule has 0 spiro atoms. The number of aryl methyl sites for hydroxylation is 3. The van der Waals surface area contributed by atoms with Gasteiger partial charge in [-0.25, -0.2) is 8.42 Å². The van der Waals surface area contributed by atoms with E-state index in [0.29, 0.717) is 26.9 Å². The number of hydrogen-bond donors (Lipinski definition) is 1. The van der Waals surface area contributed by atoms with Crippen molar-refractivity contribution < 1.29 is 18.0 Å². The van der Waals surface area contributed by atoms with Gasteiger partial charge in [0.05, 0.1) is 20.6 Å². The normalized spacial score (nSPS) is 12.2. The first-order valence-electron chi connectivity index (χ1n) is 12.9. The number of rotatable bonds is 10. The summed E-state index contributed by atoms with van der Waals surface area (Å²) in [4.78, 5) is 28.5. The Morgan fingerprint density at radius 2 is 1.48 bits per heavy atom. The van der Waals surface area contributed by atoms with Crippen LogP contribution in [0.2, 0.25) is 10.0 Å². The van der Waals surface area contributed by atoms with Crippen LogP contribution < -0.4 is 9.62 Å². The molecule has 214 valence electrons. The molecule has 0 radical (unpaired) electrons. The summed E-state index contributed by atoms with van der Waals surface area (Å²) in [7, 11) is -4.14. The van der Waals surface area contributed by atoms with E-state index < -0.39 is 28.5 Å². The van der Waals surface area contributed by atoms with E-state index in [-0.39, 0.29) is 23.4 Å². The number of halogens is 2. The number of benzene rings is 3. The Balaban J connectivity index is 2.08. The molecule has 0 aliphatic rings. The highest BCUT2D eigenvalue weighted by molar-refractivity contribution is 7.92. The summed E-state index contributed by atoms with van der Waals surface area (Å²) in [5.41, 5.74) is 3.59. The summed E-state index contributed by atoms with van der Waals surface area (Å²) >= 11 is 12.3. The van der Waals surface area contributed by atoms with Crippen molar-refractivity contribution in [1.82, 2.24) is 10.2 Å². The van der Waals surface area contributed by atoms with Crippen molar-refractivity contribution in [2.24, 2.45) is 0 Å². The molecule has 1 unspecified atom stereocenters. The van der Waals surface area contributed by atoms with Gasteiger partial charge in [0, 0.05) is 12.6 Å². The van der Waals surface area contributed by atoms with Crippen LogP contribution in [-0.2, 0) is 26.2 Å². The van der Waals surface area contributed by atoms with E-state index in [2.05, 4.69) is 5.32 Å². The van der Waals surface area contributed by atoms with Gasteiger partial charge in [0.15, 0.2) is 0 Å². The van der Waals surface area contributed by atoms with Gasteiger partial charge >= 0.3 is 0 Å². The van der Waals surface area contributed by atoms with E-state index in [9.17, 15) is 18.0 Å². The van der Waals surface area contributed by atoms with Gasteiger partial charge in [0.2, 0.25) is 11.8 Å². The lowest BCUT2D eigenvalue weighted by Crippen LogP contribution is -2.52.